The molecule has 0 atom stereocenters. The number of halogens is 1. The topological polar surface area (TPSA) is 50.8 Å². The van der Waals surface area contributed by atoms with E-state index in [0.717, 1.165) is 30.8 Å². The summed E-state index contributed by atoms with van der Waals surface area (Å²) in [5, 5.41) is 2.74. The number of unbranched alkanes of at least 4 members (excludes halogenated alkanes) is 3. The van der Waals surface area contributed by atoms with Gasteiger partial charge in [-0.05, 0) is 56.6 Å². The Labute approximate surface area is 163 Å². The Morgan fingerprint density at radius 1 is 1.04 bits per heavy atom. The summed E-state index contributed by atoms with van der Waals surface area (Å²) in [6, 6.07) is 7.45. The van der Waals surface area contributed by atoms with E-state index in [1.165, 1.54) is 45.2 Å². The molecule has 1 aromatic carbocycles. The van der Waals surface area contributed by atoms with Crippen molar-refractivity contribution in [2.45, 2.75) is 51.9 Å². The third kappa shape index (κ3) is 9.30. The molecular weight excluding hydrogens is 352 g/mol. The van der Waals surface area contributed by atoms with E-state index < -0.39 is 6.09 Å². The molecule has 0 spiro atoms. The highest BCUT2D eigenvalue weighted by Gasteiger charge is 2.09. The lowest BCUT2D eigenvalue weighted by molar-refractivity contribution is 0.159. The van der Waals surface area contributed by atoms with Gasteiger partial charge in [0.05, 0.1) is 6.61 Å². The van der Waals surface area contributed by atoms with E-state index in [9.17, 15) is 4.79 Å². The number of benzene rings is 1. The Morgan fingerprint density at radius 2 is 1.77 bits per heavy atom. The molecule has 2 rings (SSSR count). The minimum atomic E-state index is -0.393. The fourth-order valence-corrected chi connectivity index (χ4v) is 2.96. The number of carbonyl (C=O) groups is 1. The summed E-state index contributed by atoms with van der Waals surface area (Å²) in [4.78, 5) is 14.2. The maximum Gasteiger partial charge on any atom is 0.411 e. The van der Waals surface area contributed by atoms with Crippen LogP contribution in [0.3, 0.4) is 0 Å². The zero-order chi connectivity index (χ0) is 17.7. The van der Waals surface area contributed by atoms with Gasteiger partial charge >= 0.3 is 6.09 Å². The Balaban J connectivity index is 0.00000338. The van der Waals surface area contributed by atoms with Crippen molar-refractivity contribution < 1.29 is 14.3 Å². The summed E-state index contributed by atoms with van der Waals surface area (Å²) in [6.07, 6.45) is 7.95. The lowest BCUT2D eigenvalue weighted by Crippen LogP contribution is -2.33. The number of ether oxygens (including phenoxy) is 2. The smallest absolute Gasteiger partial charge is 0.411 e. The number of hydrogen-bond acceptors (Lipinski definition) is 4. The van der Waals surface area contributed by atoms with Crippen molar-refractivity contribution in [3.05, 3.63) is 24.3 Å². The van der Waals surface area contributed by atoms with Gasteiger partial charge in [0.15, 0.2) is 0 Å². The second kappa shape index (κ2) is 13.7. The van der Waals surface area contributed by atoms with Crippen molar-refractivity contribution in [2.24, 2.45) is 0 Å². The van der Waals surface area contributed by atoms with Crippen LogP contribution in [0.5, 0.6) is 5.75 Å². The van der Waals surface area contributed by atoms with E-state index >= 15 is 0 Å². The number of anilines is 1. The van der Waals surface area contributed by atoms with Crippen molar-refractivity contribution in [1.29, 1.82) is 0 Å². The lowest BCUT2D eigenvalue weighted by atomic mass is 10.1. The second-order valence-electron chi connectivity index (χ2n) is 6.60. The zero-order valence-corrected chi connectivity index (χ0v) is 16.7. The molecule has 0 aliphatic carbocycles. The Bertz CT molecular complexity index is 490. The van der Waals surface area contributed by atoms with E-state index in [0.29, 0.717) is 13.2 Å². The monoisotopic (exact) mass is 384 g/mol. The van der Waals surface area contributed by atoms with E-state index in [4.69, 9.17) is 9.47 Å². The van der Waals surface area contributed by atoms with Gasteiger partial charge in [-0.15, -0.1) is 12.4 Å². The third-order valence-electron chi connectivity index (χ3n) is 4.46. The standard InChI is InChI=1S/C20H32N2O3.ClH/c1-2-3-4-8-16-25-20(23)21-18-9-11-19(12-10-18)24-17-15-22-13-6-5-7-14-22;/h9-12H,2-8,13-17H2,1H3,(H,21,23);1H. The molecule has 1 heterocycles. The molecule has 1 aliphatic heterocycles. The van der Waals surface area contributed by atoms with Gasteiger partial charge in [0, 0.05) is 12.2 Å². The van der Waals surface area contributed by atoms with E-state index in [2.05, 4.69) is 17.1 Å². The maximum absolute atomic E-state index is 11.7. The van der Waals surface area contributed by atoms with Crippen LogP contribution in [0.15, 0.2) is 24.3 Å². The molecule has 26 heavy (non-hydrogen) atoms. The molecular formula is C20H33ClN2O3. The fraction of sp³-hybridized carbons (Fsp3) is 0.650. The van der Waals surface area contributed by atoms with Gasteiger partial charge < -0.3 is 9.47 Å². The zero-order valence-electron chi connectivity index (χ0n) is 15.9. The average molecular weight is 385 g/mol. The normalized spacial score (nSPS) is 14.3. The van der Waals surface area contributed by atoms with E-state index in [1.54, 1.807) is 0 Å². The first-order chi connectivity index (χ1) is 12.3. The van der Waals surface area contributed by atoms with Crippen molar-refractivity contribution in [1.82, 2.24) is 4.90 Å². The van der Waals surface area contributed by atoms with Crippen molar-refractivity contribution >= 4 is 24.2 Å². The second-order valence-corrected chi connectivity index (χ2v) is 6.60. The molecule has 1 fully saturated rings. The van der Waals surface area contributed by atoms with Gasteiger partial charge in [-0.25, -0.2) is 4.79 Å². The fourth-order valence-electron chi connectivity index (χ4n) is 2.96. The molecule has 5 nitrogen and oxygen atoms in total. The summed E-state index contributed by atoms with van der Waals surface area (Å²) in [5.74, 6) is 0.829. The molecule has 6 heteroatoms. The highest BCUT2D eigenvalue weighted by Crippen LogP contribution is 2.16. The summed E-state index contributed by atoms with van der Waals surface area (Å²) >= 11 is 0. The summed E-state index contributed by atoms with van der Waals surface area (Å²) in [6.45, 7) is 6.69. The molecule has 0 bridgehead atoms. The number of nitrogens with one attached hydrogen (secondary N) is 1. The molecule has 148 valence electrons. The predicted molar refractivity (Wildman–Crippen MR) is 109 cm³/mol. The first-order valence-electron chi connectivity index (χ1n) is 9.67. The maximum atomic E-state index is 11.7. The van der Waals surface area contributed by atoms with Crippen LogP contribution in [-0.2, 0) is 4.74 Å². The van der Waals surface area contributed by atoms with Gasteiger partial charge in [0.2, 0.25) is 0 Å². The van der Waals surface area contributed by atoms with Gasteiger partial charge in [0.1, 0.15) is 12.4 Å². The quantitative estimate of drug-likeness (QED) is 0.570. The number of piperidine rings is 1. The van der Waals surface area contributed by atoms with Crippen LogP contribution in [0.1, 0.15) is 51.9 Å². The highest BCUT2D eigenvalue weighted by molar-refractivity contribution is 5.85. The van der Waals surface area contributed by atoms with Crippen molar-refractivity contribution in [3.63, 3.8) is 0 Å². The van der Waals surface area contributed by atoms with Crippen LogP contribution in [0.4, 0.5) is 10.5 Å². The Hall–Kier alpha value is -1.46. The summed E-state index contributed by atoms with van der Waals surface area (Å²) < 4.78 is 11.0. The number of amides is 1. The van der Waals surface area contributed by atoms with E-state index in [-0.39, 0.29) is 12.4 Å². The molecule has 0 aromatic heterocycles. The first-order valence-corrected chi connectivity index (χ1v) is 9.67. The molecule has 1 amide bonds. The number of likely N-dealkylation sites (tertiary alicyclic amines) is 1. The molecule has 1 aromatic rings. The van der Waals surface area contributed by atoms with Crippen LogP contribution in [0, 0.1) is 0 Å². The Kier molecular flexibility index (Phi) is 11.9. The number of rotatable bonds is 10. The third-order valence-corrected chi connectivity index (χ3v) is 4.46. The van der Waals surface area contributed by atoms with Crippen LogP contribution < -0.4 is 10.1 Å². The van der Waals surface area contributed by atoms with E-state index in [1.807, 2.05) is 24.3 Å². The molecule has 0 unspecified atom stereocenters. The first kappa shape index (κ1) is 22.6. The summed E-state index contributed by atoms with van der Waals surface area (Å²) in [5.41, 5.74) is 0.724. The average Bonchev–Trinajstić information content (AvgIpc) is 2.64. The molecule has 0 radical (unpaired) electrons. The highest BCUT2D eigenvalue weighted by atomic mass is 35.5. The Morgan fingerprint density at radius 3 is 2.46 bits per heavy atom. The largest absolute Gasteiger partial charge is 0.492 e. The molecule has 1 aliphatic rings. The number of carbonyl (C=O) groups excluding carboxylic acids is 1. The predicted octanol–water partition coefficient (Wildman–Crippen LogP) is 5.10. The number of hydrogen-bond donors (Lipinski definition) is 1. The van der Waals surface area contributed by atoms with Crippen LogP contribution >= 0.6 is 12.4 Å². The SMILES string of the molecule is CCCCCCOC(=O)Nc1ccc(OCCN2CCCCC2)cc1.Cl. The minimum absolute atomic E-state index is 0. The molecule has 0 saturated carbocycles. The van der Waals surface area contributed by atoms with Gasteiger partial charge in [-0.1, -0.05) is 32.6 Å². The molecule has 1 saturated heterocycles. The van der Waals surface area contributed by atoms with Crippen molar-refractivity contribution in [2.75, 3.05) is 38.2 Å². The van der Waals surface area contributed by atoms with Crippen LogP contribution in [-0.4, -0.2) is 43.8 Å². The lowest BCUT2D eigenvalue weighted by Gasteiger charge is -2.26. The van der Waals surface area contributed by atoms with Crippen molar-refractivity contribution in [3.8, 4) is 5.75 Å². The van der Waals surface area contributed by atoms with Gasteiger partial charge in [0.25, 0.3) is 0 Å². The van der Waals surface area contributed by atoms with Crippen LogP contribution in [0.25, 0.3) is 0 Å². The van der Waals surface area contributed by atoms with Crippen LogP contribution in [0.2, 0.25) is 0 Å². The minimum Gasteiger partial charge on any atom is -0.492 e. The molecule has 1 N–H and O–H groups in total. The number of nitrogens with zero attached hydrogens (tertiary/aromatic N) is 1. The van der Waals surface area contributed by atoms with Gasteiger partial charge in [-0.3, -0.25) is 10.2 Å². The van der Waals surface area contributed by atoms with Gasteiger partial charge in [-0.2, -0.15) is 0 Å². The summed E-state index contributed by atoms with van der Waals surface area (Å²) in [7, 11) is 0.